The first kappa shape index (κ1) is 17.5. The van der Waals surface area contributed by atoms with Crippen LogP contribution in [0.4, 0.5) is 5.69 Å². The Morgan fingerprint density at radius 1 is 1.07 bits per heavy atom. The number of rotatable bonds is 4. The van der Waals surface area contributed by atoms with E-state index in [0.717, 1.165) is 61.5 Å². The lowest BCUT2D eigenvalue weighted by molar-refractivity contribution is -0.110. The standard InChI is InChI=1S/C23H24N2O3/c26-23-21(19-3-1-2-4-20(19)25-23)22-18-6-5-16(11-17(18)14-28-22)13-24-12-15-7-9-27-10-8-15/h1-6,11,15,24H,7-10,12-14H2,(H,25,26)/b22-21+. The zero-order valence-corrected chi connectivity index (χ0v) is 15.8. The Labute approximate surface area is 164 Å². The monoisotopic (exact) mass is 376 g/mol. The Bertz CT molecular complexity index is 945. The van der Waals surface area contributed by atoms with E-state index >= 15 is 0 Å². The smallest absolute Gasteiger partial charge is 0.260 e. The van der Waals surface area contributed by atoms with Crippen LogP contribution in [0.25, 0.3) is 11.3 Å². The highest BCUT2D eigenvalue weighted by atomic mass is 16.5. The number of para-hydroxylation sites is 1. The van der Waals surface area contributed by atoms with Gasteiger partial charge in [-0.05, 0) is 36.9 Å². The third-order valence-corrected chi connectivity index (χ3v) is 5.79. The summed E-state index contributed by atoms with van der Waals surface area (Å²) in [7, 11) is 0. The fraction of sp³-hybridized carbons (Fsp3) is 0.348. The predicted octanol–water partition coefficient (Wildman–Crippen LogP) is 3.55. The summed E-state index contributed by atoms with van der Waals surface area (Å²) in [6, 6.07) is 14.2. The van der Waals surface area contributed by atoms with E-state index in [1.165, 1.54) is 5.56 Å². The lowest BCUT2D eigenvalue weighted by Crippen LogP contribution is -2.27. The predicted molar refractivity (Wildman–Crippen MR) is 108 cm³/mol. The molecule has 3 aliphatic heterocycles. The molecular weight excluding hydrogens is 352 g/mol. The first-order chi connectivity index (χ1) is 13.8. The van der Waals surface area contributed by atoms with Gasteiger partial charge in [0, 0.05) is 42.1 Å². The van der Waals surface area contributed by atoms with Crippen molar-refractivity contribution in [2.24, 2.45) is 5.92 Å². The van der Waals surface area contributed by atoms with Gasteiger partial charge >= 0.3 is 0 Å². The van der Waals surface area contributed by atoms with Gasteiger partial charge in [0.1, 0.15) is 12.4 Å². The van der Waals surface area contributed by atoms with Gasteiger partial charge in [0.05, 0.1) is 5.57 Å². The number of carbonyl (C=O) groups is 1. The van der Waals surface area contributed by atoms with Crippen LogP contribution < -0.4 is 10.6 Å². The highest BCUT2D eigenvalue weighted by molar-refractivity contribution is 6.36. The molecule has 1 fully saturated rings. The van der Waals surface area contributed by atoms with Gasteiger partial charge in [-0.2, -0.15) is 0 Å². The average Bonchev–Trinajstić information content (AvgIpc) is 3.28. The number of fused-ring (bicyclic) bond motifs is 2. The Morgan fingerprint density at radius 3 is 2.82 bits per heavy atom. The van der Waals surface area contributed by atoms with Crippen molar-refractivity contribution in [2.45, 2.75) is 26.0 Å². The van der Waals surface area contributed by atoms with Crippen molar-refractivity contribution >= 4 is 22.9 Å². The highest BCUT2D eigenvalue weighted by Gasteiger charge is 2.32. The minimum atomic E-state index is -0.0914. The summed E-state index contributed by atoms with van der Waals surface area (Å²) in [6.07, 6.45) is 2.29. The molecule has 0 spiro atoms. The fourth-order valence-corrected chi connectivity index (χ4v) is 4.25. The summed E-state index contributed by atoms with van der Waals surface area (Å²) in [5, 5.41) is 6.51. The third-order valence-electron chi connectivity index (χ3n) is 5.79. The molecule has 0 bridgehead atoms. The van der Waals surface area contributed by atoms with Gasteiger partial charge in [-0.25, -0.2) is 0 Å². The second-order valence-electron chi connectivity index (χ2n) is 7.67. The molecule has 1 amide bonds. The number of hydrogen-bond acceptors (Lipinski definition) is 4. The summed E-state index contributed by atoms with van der Waals surface area (Å²) in [5.74, 6) is 1.31. The normalized spacial score (nSPS) is 21.2. The number of benzene rings is 2. The summed E-state index contributed by atoms with van der Waals surface area (Å²) in [5.41, 5.74) is 5.82. The fourth-order valence-electron chi connectivity index (χ4n) is 4.25. The van der Waals surface area contributed by atoms with Crippen molar-refractivity contribution in [1.29, 1.82) is 0 Å². The number of amides is 1. The maximum Gasteiger partial charge on any atom is 0.260 e. The van der Waals surface area contributed by atoms with Crippen LogP contribution in [-0.2, 0) is 27.4 Å². The van der Waals surface area contributed by atoms with Crippen LogP contribution in [0.2, 0.25) is 0 Å². The molecule has 28 heavy (non-hydrogen) atoms. The molecule has 2 aromatic rings. The van der Waals surface area contributed by atoms with Crippen LogP contribution in [0, 0.1) is 5.92 Å². The molecule has 0 atom stereocenters. The minimum absolute atomic E-state index is 0.0914. The average molecular weight is 376 g/mol. The van der Waals surface area contributed by atoms with Crippen molar-refractivity contribution in [3.63, 3.8) is 0 Å². The van der Waals surface area contributed by atoms with E-state index in [2.05, 4.69) is 28.8 Å². The number of carbonyl (C=O) groups excluding carboxylic acids is 1. The summed E-state index contributed by atoms with van der Waals surface area (Å²) >= 11 is 0. The van der Waals surface area contributed by atoms with E-state index < -0.39 is 0 Å². The molecule has 2 aromatic carbocycles. The van der Waals surface area contributed by atoms with E-state index in [0.29, 0.717) is 23.9 Å². The van der Waals surface area contributed by atoms with E-state index in [9.17, 15) is 4.79 Å². The van der Waals surface area contributed by atoms with E-state index in [4.69, 9.17) is 9.47 Å². The second kappa shape index (κ2) is 7.41. The van der Waals surface area contributed by atoms with Crippen LogP contribution in [0.1, 0.15) is 35.1 Å². The summed E-state index contributed by atoms with van der Waals surface area (Å²) in [6.45, 7) is 4.16. The number of ether oxygens (including phenoxy) is 2. The van der Waals surface area contributed by atoms with Gasteiger partial charge in [-0.1, -0.05) is 36.4 Å². The van der Waals surface area contributed by atoms with Gasteiger partial charge in [-0.3, -0.25) is 4.79 Å². The van der Waals surface area contributed by atoms with E-state index in [1.54, 1.807) is 0 Å². The first-order valence-electron chi connectivity index (χ1n) is 9.98. The van der Waals surface area contributed by atoms with Crippen LogP contribution in [0.3, 0.4) is 0 Å². The van der Waals surface area contributed by atoms with Crippen molar-refractivity contribution in [3.8, 4) is 0 Å². The van der Waals surface area contributed by atoms with Crippen molar-refractivity contribution in [2.75, 3.05) is 25.1 Å². The molecule has 1 saturated heterocycles. The van der Waals surface area contributed by atoms with Crippen LogP contribution in [0.15, 0.2) is 42.5 Å². The molecule has 144 valence electrons. The van der Waals surface area contributed by atoms with E-state index in [-0.39, 0.29) is 5.91 Å². The van der Waals surface area contributed by atoms with Gasteiger partial charge in [-0.15, -0.1) is 0 Å². The third kappa shape index (κ3) is 3.21. The summed E-state index contributed by atoms with van der Waals surface area (Å²) < 4.78 is 11.4. The lowest BCUT2D eigenvalue weighted by Gasteiger charge is -2.22. The van der Waals surface area contributed by atoms with Gasteiger partial charge in [0.2, 0.25) is 0 Å². The molecule has 5 rings (SSSR count). The second-order valence-corrected chi connectivity index (χ2v) is 7.67. The molecule has 0 saturated carbocycles. The van der Waals surface area contributed by atoms with Gasteiger partial charge in [0.15, 0.2) is 0 Å². The maximum atomic E-state index is 12.5. The molecule has 0 aliphatic carbocycles. The maximum absolute atomic E-state index is 12.5. The molecular formula is C23H24N2O3. The van der Waals surface area contributed by atoms with Crippen molar-refractivity contribution in [1.82, 2.24) is 5.32 Å². The highest BCUT2D eigenvalue weighted by Crippen LogP contribution is 2.41. The SMILES string of the molecule is O=C1Nc2ccccc2/C1=C1\OCc2cc(CNCC3CCOCC3)ccc21. The van der Waals surface area contributed by atoms with Crippen LogP contribution in [-0.4, -0.2) is 25.7 Å². The van der Waals surface area contributed by atoms with E-state index in [1.807, 2.05) is 24.3 Å². The van der Waals surface area contributed by atoms with Crippen molar-refractivity contribution in [3.05, 3.63) is 64.7 Å². The topological polar surface area (TPSA) is 59.6 Å². The van der Waals surface area contributed by atoms with Gasteiger partial charge in [0.25, 0.3) is 5.91 Å². The lowest BCUT2D eigenvalue weighted by atomic mass is 9.98. The molecule has 0 unspecified atom stereocenters. The first-order valence-corrected chi connectivity index (χ1v) is 9.98. The number of nitrogens with one attached hydrogen (secondary N) is 2. The largest absolute Gasteiger partial charge is 0.487 e. The molecule has 3 heterocycles. The molecule has 3 aliphatic rings. The summed E-state index contributed by atoms with van der Waals surface area (Å²) in [4.78, 5) is 12.5. The molecule has 0 aromatic heterocycles. The quantitative estimate of drug-likeness (QED) is 0.801. The molecule has 0 radical (unpaired) electrons. The van der Waals surface area contributed by atoms with Gasteiger partial charge < -0.3 is 20.1 Å². The van der Waals surface area contributed by atoms with Crippen LogP contribution in [0.5, 0.6) is 0 Å². The van der Waals surface area contributed by atoms with Crippen molar-refractivity contribution < 1.29 is 14.3 Å². The Kier molecular flexibility index (Phi) is 4.63. The minimum Gasteiger partial charge on any atom is -0.487 e. The zero-order chi connectivity index (χ0) is 18.9. The zero-order valence-electron chi connectivity index (χ0n) is 15.8. The number of hydrogen-bond donors (Lipinski definition) is 2. The Morgan fingerprint density at radius 2 is 1.93 bits per heavy atom. The molecule has 5 nitrogen and oxygen atoms in total. The number of anilines is 1. The molecule has 2 N–H and O–H groups in total. The Balaban J connectivity index is 1.34. The molecule has 5 heteroatoms. The van der Waals surface area contributed by atoms with Crippen LogP contribution >= 0.6 is 0 Å². The Hall–Kier alpha value is -2.63.